The molecule has 0 aliphatic carbocycles. The van der Waals surface area contributed by atoms with E-state index in [1.165, 1.54) is 0 Å². The van der Waals surface area contributed by atoms with Gasteiger partial charge in [-0.2, -0.15) is 0 Å². The van der Waals surface area contributed by atoms with Gasteiger partial charge in [0.1, 0.15) is 0 Å². The Bertz CT molecular complexity index is 594. The highest BCUT2D eigenvalue weighted by molar-refractivity contribution is 5.78. The highest BCUT2D eigenvalue weighted by Crippen LogP contribution is 2.06. The van der Waals surface area contributed by atoms with Crippen molar-refractivity contribution in [1.29, 1.82) is 0 Å². The summed E-state index contributed by atoms with van der Waals surface area (Å²) in [7, 11) is 0. The molecular weight excluding hydrogens is 264 g/mol. The topological polar surface area (TPSA) is 75.4 Å². The predicted octanol–water partition coefficient (Wildman–Crippen LogP) is 1.50. The van der Waals surface area contributed by atoms with Crippen LogP contribution in [0, 0.1) is 0 Å². The number of amides is 1. The van der Waals surface area contributed by atoms with E-state index in [2.05, 4.69) is 5.32 Å². The highest BCUT2D eigenvalue weighted by atomic mass is 16.3. The first-order valence-electron chi connectivity index (χ1n) is 6.94. The zero-order valence-electron chi connectivity index (χ0n) is 11.9. The standard InChI is InChI=1S/C17H20N2O2/c18-10-14-6-4-13(5-7-14)9-17(21)19-11-15-2-1-3-16(8-15)12-20/h1-8,20H,9-12,18H2,(H,19,21). The Morgan fingerprint density at radius 3 is 2.33 bits per heavy atom. The Hall–Kier alpha value is -2.17. The Morgan fingerprint density at radius 1 is 1.00 bits per heavy atom. The number of hydrogen-bond donors (Lipinski definition) is 3. The van der Waals surface area contributed by atoms with Gasteiger partial charge in [-0.15, -0.1) is 0 Å². The molecule has 21 heavy (non-hydrogen) atoms. The minimum atomic E-state index is -0.0232. The zero-order chi connectivity index (χ0) is 15.1. The van der Waals surface area contributed by atoms with Crippen molar-refractivity contribution < 1.29 is 9.90 Å². The van der Waals surface area contributed by atoms with Gasteiger partial charge < -0.3 is 16.2 Å². The minimum absolute atomic E-state index is 0.00920. The molecule has 2 aromatic rings. The maximum absolute atomic E-state index is 11.9. The summed E-state index contributed by atoms with van der Waals surface area (Å²) in [5, 5.41) is 12.0. The molecule has 0 radical (unpaired) electrons. The first-order valence-corrected chi connectivity index (χ1v) is 6.94. The first-order chi connectivity index (χ1) is 10.2. The third-order valence-corrected chi connectivity index (χ3v) is 3.29. The Kier molecular flexibility index (Phi) is 5.49. The van der Waals surface area contributed by atoms with Crippen LogP contribution in [0.15, 0.2) is 48.5 Å². The fraction of sp³-hybridized carbons (Fsp3) is 0.235. The van der Waals surface area contributed by atoms with E-state index < -0.39 is 0 Å². The van der Waals surface area contributed by atoms with E-state index in [0.29, 0.717) is 19.5 Å². The zero-order valence-corrected chi connectivity index (χ0v) is 11.9. The number of hydrogen-bond acceptors (Lipinski definition) is 3. The van der Waals surface area contributed by atoms with Crippen molar-refractivity contribution in [1.82, 2.24) is 5.32 Å². The van der Waals surface area contributed by atoms with Crippen molar-refractivity contribution in [3.8, 4) is 0 Å². The smallest absolute Gasteiger partial charge is 0.224 e. The quantitative estimate of drug-likeness (QED) is 0.752. The Morgan fingerprint density at radius 2 is 1.67 bits per heavy atom. The summed E-state index contributed by atoms with van der Waals surface area (Å²) < 4.78 is 0. The van der Waals surface area contributed by atoms with Gasteiger partial charge in [-0.05, 0) is 22.3 Å². The van der Waals surface area contributed by atoms with Crippen molar-refractivity contribution in [2.24, 2.45) is 5.73 Å². The molecule has 0 aromatic heterocycles. The highest BCUT2D eigenvalue weighted by Gasteiger charge is 2.04. The van der Waals surface area contributed by atoms with Crippen LogP contribution in [-0.4, -0.2) is 11.0 Å². The third-order valence-electron chi connectivity index (χ3n) is 3.29. The molecule has 0 unspecified atom stereocenters. The molecule has 2 aromatic carbocycles. The van der Waals surface area contributed by atoms with Gasteiger partial charge in [0.2, 0.25) is 5.91 Å². The average molecular weight is 284 g/mol. The molecule has 0 saturated carbocycles. The number of aliphatic hydroxyl groups excluding tert-OH is 1. The lowest BCUT2D eigenvalue weighted by atomic mass is 10.1. The van der Waals surface area contributed by atoms with Gasteiger partial charge in [-0.3, -0.25) is 4.79 Å². The fourth-order valence-electron chi connectivity index (χ4n) is 2.08. The molecule has 0 heterocycles. The molecular formula is C17H20N2O2. The molecule has 110 valence electrons. The van der Waals surface area contributed by atoms with E-state index in [-0.39, 0.29) is 12.5 Å². The summed E-state index contributed by atoms with van der Waals surface area (Å²) >= 11 is 0. The van der Waals surface area contributed by atoms with E-state index in [1.807, 2.05) is 48.5 Å². The monoisotopic (exact) mass is 284 g/mol. The van der Waals surface area contributed by atoms with Crippen LogP contribution >= 0.6 is 0 Å². The number of nitrogens with two attached hydrogens (primary N) is 1. The average Bonchev–Trinajstić information content (AvgIpc) is 2.54. The van der Waals surface area contributed by atoms with Crippen LogP contribution in [0.25, 0.3) is 0 Å². The van der Waals surface area contributed by atoms with Crippen LogP contribution in [0.2, 0.25) is 0 Å². The second-order valence-electron chi connectivity index (χ2n) is 4.95. The minimum Gasteiger partial charge on any atom is -0.392 e. The Balaban J connectivity index is 1.86. The number of benzene rings is 2. The first kappa shape index (κ1) is 15.2. The van der Waals surface area contributed by atoms with Crippen LogP contribution in [0.4, 0.5) is 0 Å². The summed E-state index contributed by atoms with van der Waals surface area (Å²) in [5.74, 6) is -0.0232. The van der Waals surface area contributed by atoms with Crippen LogP contribution in [-0.2, 0) is 30.9 Å². The summed E-state index contributed by atoms with van der Waals surface area (Å²) in [4.78, 5) is 11.9. The van der Waals surface area contributed by atoms with Crippen molar-refractivity contribution in [2.75, 3.05) is 0 Å². The lowest BCUT2D eigenvalue weighted by molar-refractivity contribution is -0.120. The fourth-order valence-corrected chi connectivity index (χ4v) is 2.08. The van der Waals surface area contributed by atoms with Gasteiger partial charge in [0.25, 0.3) is 0 Å². The number of carbonyl (C=O) groups is 1. The molecule has 0 aliphatic heterocycles. The summed E-state index contributed by atoms with van der Waals surface area (Å²) in [6.07, 6.45) is 0.352. The maximum Gasteiger partial charge on any atom is 0.224 e. The van der Waals surface area contributed by atoms with E-state index in [0.717, 1.165) is 22.3 Å². The van der Waals surface area contributed by atoms with Gasteiger partial charge in [0, 0.05) is 13.1 Å². The number of nitrogens with one attached hydrogen (secondary N) is 1. The Labute approximate surface area is 124 Å². The van der Waals surface area contributed by atoms with E-state index >= 15 is 0 Å². The normalized spacial score (nSPS) is 10.4. The van der Waals surface area contributed by atoms with Gasteiger partial charge in [0.05, 0.1) is 13.0 Å². The van der Waals surface area contributed by atoms with Crippen molar-refractivity contribution in [3.05, 3.63) is 70.8 Å². The maximum atomic E-state index is 11.9. The molecule has 4 heteroatoms. The molecule has 0 spiro atoms. The number of aliphatic hydroxyl groups is 1. The number of rotatable bonds is 6. The van der Waals surface area contributed by atoms with Crippen molar-refractivity contribution in [3.63, 3.8) is 0 Å². The van der Waals surface area contributed by atoms with Gasteiger partial charge in [-0.1, -0.05) is 48.5 Å². The second-order valence-corrected chi connectivity index (χ2v) is 4.95. The summed E-state index contributed by atoms with van der Waals surface area (Å²) in [6, 6.07) is 15.3. The van der Waals surface area contributed by atoms with Crippen LogP contribution in [0.3, 0.4) is 0 Å². The van der Waals surface area contributed by atoms with Gasteiger partial charge in [-0.25, -0.2) is 0 Å². The van der Waals surface area contributed by atoms with Crippen LogP contribution < -0.4 is 11.1 Å². The lowest BCUT2D eigenvalue weighted by Gasteiger charge is -2.07. The molecule has 0 bridgehead atoms. The molecule has 0 fully saturated rings. The molecule has 0 aliphatic rings. The molecule has 4 nitrogen and oxygen atoms in total. The van der Waals surface area contributed by atoms with Gasteiger partial charge >= 0.3 is 0 Å². The van der Waals surface area contributed by atoms with Crippen molar-refractivity contribution >= 4 is 5.91 Å². The van der Waals surface area contributed by atoms with Crippen LogP contribution in [0.5, 0.6) is 0 Å². The molecule has 2 rings (SSSR count). The summed E-state index contributed by atoms with van der Waals surface area (Å²) in [6.45, 7) is 0.983. The predicted molar refractivity (Wildman–Crippen MR) is 82.2 cm³/mol. The van der Waals surface area contributed by atoms with Crippen molar-refractivity contribution in [2.45, 2.75) is 26.1 Å². The van der Waals surface area contributed by atoms with Crippen LogP contribution in [0.1, 0.15) is 22.3 Å². The largest absolute Gasteiger partial charge is 0.392 e. The second kappa shape index (κ2) is 7.57. The van der Waals surface area contributed by atoms with E-state index in [9.17, 15) is 4.79 Å². The lowest BCUT2D eigenvalue weighted by Crippen LogP contribution is -2.24. The molecule has 0 saturated heterocycles. The SMILES string of the molecule is NCc1ccc(CC(=O)NCc2cccc(CO)c2)cc1. The van der Waals surface area contributed by atoms with E-state index in [4.69, 9.17) is 10.8 Å². The van der Waals surface area contributed by atoms with E-state index in [1.54, 1.807) is 0 Å². The van der Waals surface area contributed by atoms with Gasteiger partial charge in [0.15, 0.2) is 0 Å². The summed E-state index contributed by atoms with van der Waals surface area (Å²) in [5.41, 5.74) is 9.39. The number of carbonyl (C=O) groups excluding carboxylic acids is 1. The molecule has 4 N–H and O–H groups in total. The molecule has 0 atom stereocenters. The molecule has 1 amide bonds. The third kappa shape index (κ3) is 4.70.